The summed E-state index contributed by atoms with van der Waals surface area (Å²) >= 11 is 0. The normalized spacial score (nSPS) is 14.6. The van der Waals surface area contributed by atoms with E-state index in [4.69, 9.17) is 4.74 Å². The summed E-state index contributed by atoms with van der Waals surface area (Å²) in [6.45, 7) is 5.81. The van der Waals surface area contributed by atoms with Gasteiger partial charge in [-0.05, 0) is 72.0 Å². The maximum absolute atomic E-state index is 13.1. The first-order valence-electron chi connectivity index (χ1n) is 12.8. The zero-order valence-electron chi connectivity index (χ0n) is 21.3. The highest BCUT2D eigenvalue weighted by molar-refractivity contribution is 5.85. The van der Waals surface area contributed by atoms with E-state index in [1.165, 1.54) is 19.3 Å². The molecular weight excluding hydrogens is 452 g/mol. The van der Waals surface area contributed by atoms with Crippen LogP contribution in [-0.2, 0) is 19.6 Å². The van der Waals surface area contributed by atoms with Gasteiger partial charge in [0.2, 0.25) is 0 Å². The number of rotatable bonds is 8. The van der Waals surface area contributed by atoms with Gasteiger partial charge in [0.15, 0.2) is 5.82 Å². The van der Waals surface area contributed by atoms with Gasteiger partial charge in [0.1, 0.15) is 5.75 Å². The average molecular weight is 487 g/mol. The third kappa shape index (κ3) is 5.18. The van der Waals surface area contributed by atoms with Crippen molar-refractivity contribution in [2.45, 2.75) is 71.6 Å². The van der Waals surface area contributed by atoms with Crippen molar-refractivity contribution in [2.24, 2.45) is 0 Å². The Balaban J connectivity index is 1.47. The molecule has 2 heterocycles. The summed E-state index contributed by atoms with van der Waals surface area (Å²) in [5, 5.41) is 13.9. The average Bonchev–Trinajstić information content (AvgIpc) is 3.36. The van der Waals surface area contributed by atoms with Crippen molar-refractivity contribution in [1.29, 1.82) is 0 Å². The van der Waals surface area contributed by atoms with Crippen molar-refractivity contribution in [1.82, 2.24) is 30.1 Å². The minimum absolute atomic E-state index is 0.0530. The van der Waals surface area contributed by atoms with Gasteiger partial charge in [0.25, 0.3) is 5.56 Å². The lowest BCUT2D eigenvalue weighted by molar-refractivity contribution is 0.225. The number of aromatic amines is 1. The Kier molecular flexibility index (Phi) is 7.13. The van der Waals surface area contributed by atoms with Gasteiger partial charge >= 0.3 is 0 Å². The summed E-state index contributed by atoms with van der Waals surface area (Å²) in [6, 6.07) is 14.6. The molecule has 2 aromatic heterocycles. The molecule has 0 unspecified atom stereocenters. The van der Waals surface area contributed by atoms with Crippen LogP contribution in [-0.4, -0.2) is 37.2 Å². The summed E-state index contributed by atoms with van der Waals surface area (Å²) < 4.78 is 7.34. The molecule has 1 aliphatic carbocycles. The van der Waals surface area contributed by atoms with Gasteiger partial charge in [-0.2, -0.15) is 0 Å². The summed E-state index contributed by atoms with van der Waals surface area (Å²) in [7, 11) is 1.67. The molecule has 1 saturated carbocycles. The van der Waals surface area contributed by atoms with Crippen LogP contribution in [0.4, 0.5) is 0 Å². The first-order valence-corrected chi connectivity index (χ1v) is 12.8. The van der Waals surface area contributed by atoms with Crippen LogP contribution in [0.15, 0.2) is 47.3 Å². The number of nitrogens with one attached hydrogen (secondary N) is 1. The van der Waals surface area contributed by atoms with E-state index in [1.807, 2.05) is 35.9 Å². The number of ether oxygens (including phenoxy) is 1. The van der Waals surface area contributed by atoms with Crippen molar-refractivity contribution in [3.05, 3.63) is 80.9 Å². The number of hydrogen-bond donors (Lipinski definition) is 1. The number of tetrazole rings is 1. The highest BCUT2D eigenvalue weighted by Gasteiger charge is 2.22. The molecule has 188 valence electrons. The van der Waals surface area contributed by atoms with Gasteiger partial charge in [-0.25, -0.2) is 4.68 Å². The van der Waals surface area contributed by atoms with Gasteiger partial charge in [0, 0.05) is 24.0 Å². The quantitative estimate of drug-likeness (QED) is 0.383. The second-order valence-corrected chi connectivity index (χ2v) is 9.94. The smallest absolute Gasteiger partial charge is 0.252 e. The van der Waals surface area contributed by atoms with E-state index in [1.54, 1.807) is 7.11 Å². The number of methoxy groups -OCH3 is 1. The first-order chi connectivity index (χ1) is 17.5. The predicted molar refractivity (Wildman–Crippen MR) is 140 cm³/mol. The number of aryl methyl sites for hydroxylation is 2. The molecule has 0 aliphatic heterocycles. The van der Waals surface area contributed by atoms with E-state index in [2.05, 4.69) is 50.5 Å². The fraction of sp³-hybridized carbons (Fsp3) is 0.429. The molecule has 1 aliphatic rings. The van der Waals surface area contributed by atoms with Crippen LogP contribution >= 0.6 is 0 Å². The van der Waals surface area contributed by atoms with Crippen LogP contribution in [0.5, 0.6) is 5.75 Å². The number of H-pyrrole nitrogens is 1. The molecule has 1 fully saturated rings. The van der Waals surface area contributed by atoms with Crippen LogP contribution in [0.25, 0.3) is 10.9 Å². The molecule has 2 aromatic carbocycles. The number of hydrogen-bond acceptors (Lipinski definition) is 6. The molecule has 36 heavy (non-hydrogen) atoms. The molecule has 4 aromatic rings. The largest absolute Gasteiger partial charge is 0.497 e. The van der Waals surface area contributed by atoms with Crippen molar-refractivity contribution < 1.29 is 4.74 Å². The summed E-state index contributed by atoms with van der Waals surface area (Å²) in [5.74, 6) is 1.67. The fourth-order valence-corrected chi connectivity index (χ4v) is 5.26. The highest BCUT2D eigenvalue weighted by Crippen LogP contribution is 2.28. The Morgan fingerprint density at radius 1 is 1.00 bits per heavy atom. The molecule has 0 saturated heterocycles. The topological polar surface area (TPSA) is 88.9 Å². The zero-order chi connectivity index (χ0) is 25.1. The van der Waals surface area contributed by atoms with E-state index in [9.17, 15) is 4.79 Å². The standard InChI is InChI=1S/C28H34N6O2/c1-19-9-10-20(2)27-25(19)15-22(28(35)29-27)17-33(16-21-11-13-24(36-3)14-12-21)18-26-30-31-32-34(26)23-7-5-4-6-8-23/h9-15,23H,4-8,16-18H2,1-3H3,(H,29,35). The number of benzene rings is 2. The maximum atomic E-state index is 13.1. The second kappa shape index (κ2) is 10.6. The lowest BCUT2D eigenvalue weighted by Gasteiger charge is -2.25. The summed E-state index contributed by atoms with van der Waals surface area (Å²) in [5.41, 5.74) is 4.95. The van der Waals surface area contributed by atoms with Gasteiger partial charge in [-0.15, -0.1) is 5.10 Å². The highest BCUT2D eigenvalue weighted by atomic mass is 16.5. The molecule has 8 heteroatoms. The minimum Gasteiger partial charge on any atom is -0.497 e. The molecule has 0 atom stereocenters. The lowest BCUT2D eigenvalue weighted by atomic mass is 9.95. The van der Waals surface area contributed by atoms with E-state index in [0.29, 0.717) is 25.7 Å². The van der Waals surface area contributed by atoms with Crippen molar-refractivity contribution >= 4 is 10.9 Å². The molecule has 0 amide bonds. The Morgan fingerprint density at radius 3 is 2.50 bits per heavy atom. The molecular formula is C28H34N6O2. The van der Waals surface area contributed by atoms with Crippen LogP contribution in [0.1, 0.15) is 66.2 Å². The minimum atomic E-state index is -0.0530. The second-order valence-electron chi connectivity index (χ2n) is 9.94. The van der Waals surface area contributed by atoms with Crippen LogP contribution in [0.3, 0.4) is 0 Å². The van der Waals surface area contributed by atoms with Gasteiger partial charge in [-0.1, -0.05) is 43.5 Å². The fourth-order valence-electron chi connectivity index (χ4n) is 5.26. The lowest BCUT2D eigenvalue weighted by Crippen LogP contribution is -2.29. The predicted octanol–water partition coefficient (Wildman–Crippen LogP) is 4.85. The Labute approximate surface area is 211 Å². The van der Waals surface area contributed by atoms with Crippen molar-refractivity contribution in [2.75, 3.05) is 7.11 Å². The molecule has 0 radical (unpaired) electrons. The van der Waals surface area contributed by atoms with E-state index < -0.39 is 0 Å². The molecule has 5 rings (SSSR count). The number of fused-ring (bicyclic) bond motifs is 1. The summed E-state index contributed by atoms with van der Waals surface area (Å²) in [4.78, 5) is 18.5. The number of nitrogens with zero attached hydrogens (tertiary/aromatic N) is 5. The molecule has 1 N–H and O–H groups in total. The van der Waals surface area contributed by atoms with Crippen molar-refractivity contribution in [3.63, 3.8) is 0 Å². The monoisotopic (exact) mass is 486 g/mol. The van der Waals surface area contributed by atoms with Crippen LogP contribution in [0, 0.1) is 13.8 Å². The molecule has 0 bridgehead atoms. The number of aromatic nitrogens is 5. The number of pyridine rings is 1. The SMILES string of the molecule is COc1ccc(CN(Cc2cc3c(C)ccc(C)c3[nH]c2=O)Cc2nnnn2C2CCCCC2)cc1. The van der Waals surface area contributed by atoms with E-state index in [-0.39, 0.29) is 5.56 Å². The van der Waals surface area contributed by atoms with Gasteiger partial charge in [0.05, 0.1) is 25.2 Å². The van der Waals surface area contributed by atoms with Crippen molar-refractivity contribution in [3.8, 4) is 5.75 Å². The Morgan fingerprint density at radius 2 is 1.75 bits per heavy atom. The van der Waals surface area contributed by atoms with Gasteiger partial charge < -0.3 is 9.72 Å². The maximum Gasteiger partial charge on any atom is 0.252 e. The van der Waals surface area contributed by atoms with E-state index in [0.717, 1.165) is 57.6 Å². The molecule has 8 nitrogen and oxygen atoms in total. The Bertz CT molecular complexity index is 1390. The zero-order valence-corrected chi connectivity index (χ0v) is 21.3. The molecule has 0 spiro atoms. The third-order valence-electron chi connectivity index (χ3n) is 7.33. The van der Waals surface area contributed by atoms with E-state index >= 15 is 0 Å². The van der Waals surface area contributed by atoms with Crippen LogP contribution in [0.2, 0.25) is 0 Å². The first kappa shape index (κ1) is 24.2. The Hall–Kier alpha value is -3.52. The van der Waals surface area contributed by atoms with Gasteiger partial charge in [-0.3, -0.25) is 9.69 Å². The summed E-state index contributed by atoms with van der Waals surface area (Å²) in [6.07, 6.45) is 5.93. The van der Waals surface area contributed by atoms with Crippen LogP contribution < -0.4 is 10.3 Å². The third-order valence-corrected chi connectivity index (χ3v) is 7.33.